The molecule has 0 radical (unpaired) electrons. The topological polar surface area (TPSA) is 77.4 Å². The summed E-state index contributed by atoms with van der Waals surface area (Å²) in [5.74, 6) is -0.183. The number of aromatic nitrogens is 1. The molecule has 1 heterocycles. The zero-order chi connectivity index (χ0) is 22.8. The number of amidine groups is 1. The van der Waals surface area contributed by atoms with E-state index in [1.807, 2.05) is 72.7 Å². The summed E-state index contributed by atoms with van der Waals surface area (Å²) in [6.07, 6.45) is 0. The summed E-state index contributed by atoms with van der Waals surface area (Å²) >= 11 is 3.42. The largest absolute Gasteiger partial charge is 0.386 e. The number of hydrogen-bond acceptors (Lipinski definition) is 2. The molecule has 0 saturated heterocycles. The summed E-state index contributed by atoms with van der Waals surface area (Å²) in [5, 5.41) is 0. The van der Waals surface area contributed by atoms with Crippen molar-refractivity contribution in [3.8, 4) is 0 Å². The Hall–Kier alpha value is -2.21. The minimum Gasteiger partial charge on any atom is -0.386 e. The van der Waals surface area contributed by atoms with Crippen LogP contribution in [-0.4, -0.2) is 16.3 Å². The number of halogens is 1. The summed E-state index contributed by atoms with van der Waals surface area (Å²) < 4.78 is 2.24. The van der Waals surface area contributed by atoms with Crippen LogP contribution in [-0.2, 0) is 12.5 Å². The molecule has 6 heteroatoms. The zero-order valence-corrected chi connectivity index (χ0v) is 20.4. The number of rotatable bonds is 4. The first-order valence-corrected chi connectivity index (χ1v) is 10.8. The molecular formula is C23H34BrN3O2. The predicted molar refractivity (Wildman–Crippen MR) is 127 cm³/mol. The number of benzene rings is 1. The van der Waals surface area contributed by atoms with E-state index < -0.39 is 11.3 Å². The van der Waals surface area contributed by atoms with Crippen LogP contribution in [0.15, 0.2) is 56.7 Å². The van der Waals surface area contributed by atoms with Gasteiger partial charge in [-0.2, -0.15) is 4.99 Å². The van der Waals surface area contributed by atoms with Crippen molar-refractivity contribution in [3.05, 3.63) is 68.5 Å². The van der Waals surface area contributed by atoms with Gasteiger partial charge in [-0.05, 0) is 36.6 Å². The summed E-state index contributed by atoms with van der Waals surface area (Å²) in [5.41, 5.74) is 6.59. The van der Waals surface area contributed by atoms with E-state index in [0.29, 0.717) is 0 Å². The van der Waals surface area contributed by atoms with Crippen LogP contribution >= 0.6 is 15.9 Å². The van der Waals surface area contributed by atoms with Gasteiger partial charge in [0.2, 0.25) is 0 Å². The molecule has 1 aromatic carbocycles. The molecule has 0 aliphatic carbocycles. The van der Waals surface area contributed by atoms with E-state index in [0.717, 1.165) is 10.0 Å². The maximum Gasteiger partial charge on any atom is 0.295 e. The fourth-order valence-electron chi connectivity index (χ4n) is 2.63. The summed E-state index contributed by atoms with van der Waals surface area (Å²) in [4.78, 5) is 28.4. The van der Waals surface area contributed by atoms with Crippen molar-refractivity contribution in [2.45, 2.75) is 53.9 Å². The predicted octanol–water partition coefficient (Wildman–Crippen LogP) is 5.31. The molecule has 1 aromatic heterocycles. The molecule has 1 amide bonds. The Labute approximate surface area is 183 Å². The van der Waals surface area contributed by atoms with Gasteiger partial charge in [-0.3, -0.25) is 9.59 Å². The van der Waals surface area contributed by atoms with Gasteiger partial charge in [0.25, 0.3) is 11.5 Å². The van der Waals surface area contributed by atoms with Gasteiger partial charge in [0.15, 0.2) is 0 Å². The lowest BCUT2D eigenvalue weighted by molar-refractivity contribution is 0.0992. The maximum atomic E-state index is 12.5. The second kappa shape index (κ2) is 12.4. The van der Waals surface area contributed by atoms with Gasteiger partial charge in [-0.15, -0.1) is 0 Å². The van der Waals surface area contributed by atoms with E-state index in [-0.39, 0.29) is 23.0 Å². The lowest BCUT2D eigenvalue weighted by atomic mass is 9.72. The van der Waals surface area contributed by atoms with Crippen LogP contribution < -0.4 is 11.3 Å². The second-order valence-electron chi connectivity index (χ2n) is 6.47. The third-order valence-corrected chi connectivity index (χ3v) is 5.29. The fraction of sp³-hybridized carbons (Fsp3) is 0.435. The van der Waals surface area contributed by atoms with Crippen molar-refractivity contribution in [2.75, 3.05) is 0 Å². The molecule has 0 bridgehead atoms. The molecule has 0 aliphatic rings. The first-order chi connectivity index (χ1) is 13.7. The molecule has 5 nitrogen and oxygen atoms in total. The molecule has 2 aromatic rings. The molecule has 0 aliphatic heterocycles. The van der Waals surface area contributed by atoms with Gasteiger partial charge in [0.05, 0.1) is 5.41 Å². The molecule has 1 unspecified atom stereocenters. The number of aliphatic imine (C=N–C) groups is 1. The van der Waals surface area contributed by atoms with Gasteiger partial charge < -0.3 is 10.3 Å². The number of carbonyl (C=O) groups is 1. The third-order valence-electron chi connectivity index (χ3n) is 4.76. The molecule has 160 valence electrons. The van der Waals surface area contributed by atoms with E-state index in [1.165, 1.54) is 23.7 Å². The Bertz CT molecular complexity index is 870. The molecule has 29 heavy (non-hydrogen) atoms. The molecule has 2 rings (SSSR count). The highest BCUT2D eigenvalue weighted by molar-refractivity contribution is 9.10. The van der Waals surface area contributed by atoms with Gasteiger partial charge in [0.1, 0.15) is 11.5 Å². The monoisotopic (exact) mass is 463 g/mol. The Morgan fingerprint density at radius 2 is 1.59 bits per heavy atom. The molecule has 1 atom stereocenters. The highest BCUT2D eigenvalue weighted by Gasteiger charge is 2.35. The van der Waals surface area contributed by atoms with Crippen molar-refractivity contribution >= 4 is 27.7 Å². The maximum absolute atomic E-state index is 12.5. The highest BCUT2D eigenvalue weighted by atomic mass is 79.9. The fourth-order valence-corrected chi connectivity index (χ4v) is 2.90. The van der Waals surface area contributed by atoms with Crippen LogP contribution in [0, 0.1) is 5.92 Å². The van der Waals surface area contributed by atoms with Crippen molar-refractivity contribution in [2.24, 2.45) is 23.7 Å². The number of hydrogen-bond donors (Lipinski definition) is 1. The Kier molecular flexibility index (Phi) is 11.4. The van der Waals surface area contributed by atoms with Crippen molar-refractivity contribution in [3.63, 3.8) is 0 Å². The summed E-state index contributed by atoms with van der Waals surface area (Å²) in [7, 11) is 1.54. The Balaban J connectivity index is 0.00000184. The lowest BCUT2D eigenvalue weighted by Gasteiger charge is -2.33. The average Bonchev–Trinajstić information content (AvgIpc) is 2.72. The normalized spacial score (nSPS) is 12.8. The number of nitrogens with two attached hydrogens (primary N) is 1. The quantitative estimate of drug-likeness (QED) is 0.492. The lowest BCUT2D eigenvalue weighted by Crippen LogP contribution is -2.43. The summed E-state index contributed by atoms with van der Waals surface area (Å²) in [6.45, 7) is 14.0. The highest BCUT2D eigenvalue weighted by Crippen LogP contribution is 2.33. The third kappa shape index (κ3) is 6.39. The van der Waals surface area contributed by atoms with Gasteiger partial charge in [-0.1, -0.05) is 75.7 Å². The van der Waals surface area contributed by atoms with Crippen LogP contribution in [0.2, 0.25) is 0 Å². The minimum absolute atomic E-state index is 0.116. The standard InChI is InChI=1S/C19H22BrN3O2.2C2H6/c1-12(2)19(3,13-8-10-14(20)11-9-13)18(21)22-17(25)15-6-5-7-16(24)23(15)4;2*1-2/h5-12H,1-4H3,(H2,21,22,25);2*1-2H3. The van der Waals surface area contributed by atoms with Crippen LogP contribution in [0.3, 0.4) is 0 Å². The average molecular weight is 464 g/mol. The van der Waals surface area contributed by atoms with Crippen LogP contribution in [0.4, 0.5) is 0 Å². The van der Waals surface area contributed by atoms with Gasteiger partial charge in [-0.25, -0.2) is 0 Å². The second-order valence-corrected chi connectivity index (χ2v) is 7.39. The Morgan fingerprint density at radius 1 is 1.07 bits per heavy atom. The molecule has 0 saturated carbocycles. The number of amides is 1. The van der Waals surface area contributed by atoms with E-state index in [4.69, 9.17) is 5.73 Å². The molecule has 2 N–H and O–H groups in total. The first-order valence-electron chi connectivity index (χ1n) is 9.99. The van der Waals surface area contributed by atoms with Crippen LogP contribution in [0.1, 0.15) is 64.5 Å². The molecule has 0 spiro atoms. The number of pyridine rings is 1. The van der Waals surface area contributed by atoms with E-state index >= 15 is 0 Å². The van der Waals surface area contributed by atoms with Crippen molar-refractivity contribution in [1.82, 2.24) is 4.57 Å². The summed E-state index contributed by atoms with van der Waals surface area (Å²) in [6, 6.07) is 12.3. The van der Waals surface area contributed by atoms with E-state index in [9.17, 15) is 9.59 Å². The zero-order valence-electron chi connectivity index (χ0n) is 18.8. The van der Waals surface area contributed by atoms with E-state index in [2.05, 4.69) is 20.9 Å². The molecule has 0 fully saturated rings. The van der Waals surface area contributed by atoms with Gasteiger partial charge >= 0.3 is 0 Å². The Morgan fingerprint density at radius 3 is 2.07 bits per heavy atom. The van der Waals surface area contributed by atoms with Crippen molar-refractivity contribution in [1.29, 1.82) is 0 Å². The smallest absolute Gasteiger partial charge is 0.295 e. The number of carbonyl (C=O) groups excluding carboxylic acids is 1. The first kappa shape index (κ1) is 26.8. The van der Waals surface area contributed by atoms with Crippen molar-refractivity contribution < 1.29 is 4.79 Å². The van der Waals surface area contributed by atoms with Crippen LogP contribution in [0.25, 0.3) is 0 Å². The number of nitrogens with zero attached hydrogens (tertiary/aromatic N) is 2. The molecular weight excluding hydrogens is 430 g/mol. The van der Waals surface area contributed by atoms with Crippen LogP contribution in [0.5, 0.6) is 0 Å². The minimum atomic E-state index is -0.607. The van der Waals surface area contributed by atoms with Gasteiger partial charge in [0, 0.05) is 17.6 Å². The van der Waals surface area contributed by atoms with E-state index in [1.54, 1.807) is 6.07 Å². The SMILES string of the molecule is CC.CC.CC(C)C(C)(C(N)=NC(=O)c1cccc(=O)n1C)c1ccc(Br)cc1.